The Hall–Kier alpha value is -1.63. The lowest BCUT2D eigenvalue weighted by Crippen LogP contribution is -2.26. The summed E-state index contributed by atoms with van der Waals surface area (Å²) in [6, 6.07) is 5.40. The summed E-state index contributed by atoms with van der Waals surface area (Å²) in [6.45, 7) is 2.06. The van der Waals surface area contributed by atoms with Gasteiger partial charge in [0.2, 0.25) is 5.91 Å². The number of ether oxygens (including phenoxy) is 1. The maximum atomic E-state index is 12.7. The molecule has 1 fully saturated rings. The molecule has 110 valence electrons. The Balaban J connectivity index is 2.26. The number of aryl methyl sites for hydroxylation is 1. The van der Waals surface area contributed by atoms with E-state index >= 15 is 0 Å². The van der Waals surface area contributed by atoms with E-state index in [1.165, 1.54) is 12.0 Å². The quantitative estimate of drug-likeness (QED) is 0.793. The first kappa shape index (κ1) is 14.8. The minimum Gasteiger partial charge on any atom is -0.495 e. The van der Waals surface area contributed by atoms with Gasteiger partial charge in [-0.15, -0.1) is 3.89 Å². The number of hydrogen-bond donors (Lipinski definition) is 0. The summed E-state index contributed by atoms with van der Waals surface area (Å²) in [5, 5.41) is 0. The molecular formula is C13H16FNO4S. The monoisotopic (exact) mass is 301 g/mol. The Morgan fingerprint density at radius 2 is 2.15 bits per heavy atom. The molecule has 0 bridgehead atoms. The first-order valence-electron chi connectivity index (χ1n) is 6.17. The number of carbonyl (C=O) groups excluding carboxylic acids is 1. The number of benzene rings is 1. The molecule has 1 aromatic rings. The predicted molar refractivity (Wildman–Crippen MR) is 73.1 cm³/mol. The first-order valence-corrected chi connectivity index (χ1v) is 7.73. The summed E-state index contributed by atoms with van der Waals surface area (Å²) in [4.78, 5) is 13.5. The Morgan fingerprint density at radius 1 is 1.45 bits per heavy atom. The second kappa shape index (κ2) is 5.40. The largest absolute Gasteiger partial charge is 0.495 e. The highest BCUT2D eigenvalue weighted by Gasteiger charge is 2.34. The number of halogens is 1. The third-order valence-electron chi connectivity index (χ3n) is 3.27. The van der Waals surface area contributed by atoms with Gasteiger partial charge in [0, 0.05) is 18.9 Å². The lowest BCUT2D eigenvalue weighted by molar-refractivity contribution is -0.117. The molecule has 0 aromatic heterocycles. The van der Waals surface area contributed by atoms with E-state index in [1.807, 2.05) is 13.0 Å². The van der Waals surface area contributed by atoms with E-state index in [0.29, 0.717) is 11.4 Å². The van der Waals surface area contributed by atoms with Crippen LogP contribution in [0.3, 0.4) is 0 Å². The van der Waals surface area contributed by atoms with Gasteiger partial charge in [0.1, 0.15) is 5.75 Å². The van der Waals surface area contributed by atoms with E-state index in [1.54, 1.807) is 12.1 Å². The van der Waals surface area contributed by atoms with Crippen molar-refractivity contribution < 1.29 is 21.8 Å². The molecule has 0 radical (unpaired) electrons. The molecule has 1 aliphatic heterocycles. The normalized spacial score (nSPS) is 19.4. The van der Waals surface area contributed by atoms with Crippen LogP contribution in [0.25, 0.3) is 0 Å². The number of amides is 1. The number of methoxy groups -OCH3 is 1. The molecular weight excluding hydrogens is 285 g/mol. The van der Waals surface area contributed by atoms with Gasteiger partial charge in [-0.3, -0.25) is 4.79 Å². The molecule has 1 atom stereocenters. The molecule has 2 rings (SSSR count). The van der Waals surface area contributed by atoms with Gasteiger partial charge in [-0.1, -0.05) is 6.07 Å². The number of anilines is 1. The Morgan fingerprint density at radius 3 is 2.75 bits per heavy atom. The summed E-state index contributed by atoms with van der Waals surface area (Å²) in [5.41, 5.74) is 1.55. The van der Waals surface area contributed by atoms with E-state index in [-0.39, 0.29) is 18.9 Å². The highest BCUT2D eigenvalue weighted by atomic mass is 32.3. The average molecular weight is 301 g/mol. The molecule has 0 spiro atoms. The van der Waals surface area contributed by atoms with E-state index < -0.39 is 21.9 Å². The highest BCUT2D eigenvalue weighted by Crippen LogP contribution is 2.34. The van der Waals surface area contributed by atoms with E-state index in [4.69, 9.17) is 4.74 Å². The van der Waals surface area contributed by atoms with Gasteiger partial charge < -0.3 is 9.64 Å². The molecule has 1 amide bonds. The van der Waals surface area contributed by atoms with Gasteiger partial charge in [0.05, 0.1) is 18.6 Å². The van der Waals surface area contributed by atoms with Crippen molar-refractivity contribution in [2.75, 3.05) is 24.3 Å². The predicted octanol–water partition coefficient (Wildman–Crippen LogP) is 1.66. The molecule has 20 heavy (non-hydrogen) atoms. The molecule has 1 aliphatic rings. The summed E-state index contributed by atoms with van der Waals surface area (Å²) >= 11 is 0. The minimum atomic E-state index is -4.57. The molecule has 0 aliphatic carbocycles. The maximum absolute atomic E-state index is 12.7. The standard InChI is InChI=1S/C13H16FNO4S/c1-9-3-4-12(19-2)11(5-9)15-7-10(6-13(15)16)8-20(14,17)18/h3-5,10H,6-8H2,1-2H3. The molecule has 1 heterocycles. The summed E-state index contributed by atoms with van der Waals surface area (Å²) in [6.07, 6.45) is 0.0280. The summed E-state index contributed by atoms with van der Waals surface area (Å²) in [5.74, 6) is -0.832. The van der Waals surface area contributed by atoms with Crippen LogP contribution in [0.15, 0.2) is 18.2 Å². The molecule has 7 heteroatoms. The van der Waals surface area contributed by atoms with Gasteiger partial charge in [0.25, 0.3) is 0 Å². The third kappa shape index (κ3) is 3.27. The van der Waals surface area contributed by atoms with Crippen LogP contribution >= 0.6 is 0 Å². The zero-order chi connectivity index (χ0) is 14.9. The fraction of sp³-hybridized carbons (Fsp3) is 0.462. The van der Waals surface area contributed by atoms with Crippen LogP contribution in [0.5, 0.6) is 5.75 Å². The fourth-order valence-corrected chi connectivity index (χ4v) is 3.20. The van der Waals surface area contributed by atoms with E-state index in [2.05, 4.69) is 0 Å². The maximum Gasteiger partial charge on any atom is 0.302 e. The molecule has 1 saturated heterocycles. The third-order valence-corrected chi connectivity index (χ3v) is 4.13. The Kier molecular flexibility index (Phi) is 3.99. The second-order valence-corrected chi connectivity index (χ2v) is 6.37. The fourth-order valence-electron chi connectivity index (χ4n) is 2.42. The minimum absolute atomic E-state index is 0.0280. The van der Waals surface area contributed by atoms with Crippen molar-refractivity contribution >= 4 is 21.8 Å². The van der Waals surface area contributed by atoms with Crippen LogP contribution in [0.1, 0.15) is 12.0 Å². The van der Waals surface area contributed by atoms with E-state index in [0.717, 1.165) is 5.56 Å². The van der Waals surface area contributed by atoms with Crippen molar-refractivity contribution in [2.45, 2.75) is 13.3 Å². The molecule has 0 N–H and O–H groups in total. The van der Waals surface area contributed by atoms with Gasteiger partial charge in [-0.25, -0.2) is 0 Å². The number of hydrogen-bond acceptors (Lipinski definition) is 4. The number of carbonyl (C=O) groups is 1. The summed E-state index contributed by atoms with van der Waals surface area (Å²) in [7, 11) is -3.07. The van der Waals surface area contributed by atoms with Crippen LogP contribution in [-0.2, 0) is 15.0 Å². The molecule has 1 unspecified atom stereocenters. The van der Waals surface area contributed by atoms with Crippen LogP contribution in [0, 0.1) is 12.8 Å². The Bertz CT molecular complexity index is 629. The Labute approximate surface area is 117 Å². The van der Waals surface area contributed by atoms with Crippen molar-refractivity contribution in [3.05, 3.63) is 23.8 Å². The zero-order valence-electron chi connectivity index (χ0n) is 11.3. The second-order valence-electron chi connectivity index (χ2n) is 4.96. The lowest BCUT2D eigenvalue weighted by atomic mass is 10.1. The van der Waals surface area contributed by atoms with Crippen LogP contribution in [-0.4, -0.2) is 33.7 Å². The highest BCUT2D eigenvalue weighted by molar-refractivity contribution is 7.86. The van der Waals surface area contributed by atoms with Crippen molar-refractivity contribution in [3.63, 3.8) is 0 Å². The van der Waals surface area contributed by atoms with Crippen LogP contribution in [0.2, 0.25) is 0 Å². The average Bonchev–Trinajstić information content (AvgIpc) is 2.67. The lowest BCUT2D eigenvalue weighted by Gasteiger charge is -2.20. The van der Waals surface area contributed by atoms with Crippen LogP contribution < -0.4 is 9.64 Å². The van der Waals surface area contributed by atoms with Crippen LogP contribution in [0.4, 0.5) is 9.57 Å². The van der Waals surface area contributed by atoms with Gasteiger partial charge in [-0.2, -0.15) is 8.42 Å². The zero-order valence-corrected chi connectivity index (χ0v) is 12.1. The van der Waals surface area contributed by atoms with E-state index in [9.17, 15) is 17.1 Å². The van der Waals surface area contributed by atoms with Crippen molar-refractivity contribution in [3.8, 4) is 5.75 Å². The molecule has 5 nitrogen and oxygen atoms in total. The van der Waals surface area contributed by atoms with Gasteiger partial charge in [0.15, 0.2) is 0 Å². The molecule has 1 aromatic carbocycles. The SMILES string of the molecule is COc1ccc(C)cc1N1CC(CS(=O)(=O)F)CC1=O. The first-order chi connectivity index (χ1) is 9.30. The smallest absolute Gasteiger partial charge is 0.302 e. The van der Waals surface area contributed by atoms with Crippen molar-refractivity contribution in [1.29, 1.82) is 0 Å². The van der Waals surface area contributed by atoms with Gasteiger partial charge >= 0.3 is 10.2 Å². The topological polar surface area (TPSA) is 63.7 Å². The van der Waals surface area contributed by atoms with Crippen molar-refractivity contribution in [1.82, 2.24) is 0 Å². The number of rotatable bonds is 4. The summed E-state index contributed by atoms with van der Waals surface area (Å²) < 4.78 is 39.3. The molecule has 0 saturated carbocycles. The number of nitrogens with zero attached hydrogens (tertiary/aromatic N) is 1. The van der Waals surface area contributed by atoms with Gasteiger partial charge in [-0.05, 0) is 24.6 Å². The van der Waals surface area contributed by atoms with Crippen molar-refractivity contribution in [2.24, 2.45) is 5.92 Å².